The van der Waals surface area contributed by atoms with E-state index in [9.17, 15) is 5.26 Å². The van der Waals surface area contributed by atoms with Gasteiger partial charge in [0.25, 0.3) is 0 Å². The number of nitrogens with zero attached hydrogens (tertiary/aromatic N) is 3. The molecule has 0 spiro atoms. The molecule has 0 aliphatic carbocycles. The number of nitrogen functional groups attached to an aromatic ring is 1. The number of aryl methyl sites for hydroxylation is 2. The van der Waals surface area contributed by atoms with Crippen molar-refractivity contribution in [3.05, 3.63) is 65.2 Å². The van der Waals surface area contributed by atoms with Gasteiger partial charge in [-0.3, -0.25) is 0 Å². The number of hydrogen-bond donors (Lipinski definition) is 1. The lowest BCUT2D eigenvalue weighted by Gasteiger charge is -2.21. The van der Waals surface area contributed by atoms with Crippen molar-refractivity contribution in [2.45, 2.75) is 27.7 Å². The van der Waals surface area contributed by atoms with Crippen molar-refractivity contribution < 1.29 is 0 Å². The standard InChI is InChI=1S/C24H26N4/c1-5-28(6-2)20-11-9-18(10-12-20)21-14-23(27-24(26)22(21)15-25)19-8-7-16(3)17(4)13-19/h7-14H,5-6H2,1-4H3,(H2,26,27). The lowest BCUT2D eigenvalue weighted by atomic mass is 9.97. The van der Waals surface area contributed by atoms with Crippen LogP contribution in [-0.2, 0) is 0 Å². The number of aromatic nitrogens is 1. The molecule has 2 aromatic carbocycles. The van der Waals surface area contributed by atoms with Gasteiger partial charge in [0, 0.05) is 29.9 Å². The van der Waals surface area contributed by atoms with E-state index >= 15 is 0 Å². The average Bonchev–Trinajstić information content (AvgIpc) is 2.71. The fraction of sp³-hybridized carbons (Fsp3) is 0.250. The SMILES string of the molecule is CCN(CC)c1ccc(-c2cc(-c3ccc(C)c(C)c3)nc(N)c2C#N)cc1. The van der Waals surface area contributed by atoms with Crippen LogP contribution in [0, 0.1) is 25.2 Å². The summed E-state index contributed by atoms with van der Waals surface area (Å²) in [6.07, 6.45) is 0. The Labute approximate surface area is 167 Å². The second-order valence-electron chi connectivity index (χ2n) is 6.95. The quantitative estimate of drug-likeness (QED) is 0.659. The largest absolute Gasteiger partial charge is 0.383 e. The van der Waals surface area contributed by atoms with Crippen molar-refractivity contribution in [3.63, 3.8) is 0 Å². The highest BCUT2D eigenvalue weighted by Crippen LogP contribution is 2.32. The van der Waals surface area contributed by atoms with E-state index in [0.717, 1.165) is 35.5 Å². The Balaban J connectivity index is 2.11. The van der Waals surface area contributed by atoms with E-state index in [1.807, 2.05) is 24.3 Å². The Morgan fingerprint density at radius 3 is 2.14 bits per heavy atom. The summed E-state index contributed by atoms with van der Waals surface area (Å²) >= 11 is 0. The number of hydrogen-bond acceptors (Lipinski definition) is 4. The van der Waals surface area contributed by atoms with E-state index in [4.69, 9.17) is 5.73 Å². The van der Waals surface area contributed by atoms with Crippen molar-refractivity contribution in [3.8, 4) is 28.5 Å². The number of rotatable bonds is 5. The predicted molar refractivity (Wildman–Crippen MR) is 117 cm³/mol. The van der Waals surface area contributed by atoms with Gasteiger partial charge >= 0.3 is 0 Å². The van der Waals surface area contributed by atoms with Crippen LogP contribution in [0.3, 0.4) is 0 Å². The topological polar surface area (TPSA) is 65.9 Å². The molecule has 0 saturated heterocycles. The Morgan fingerprint density at radius 2 is 1.57 bits per heavy atom. The highest BCUT2D eigenvalue weighted by Gasteiger charge is 2.14. The van der Waals surface area contributed by atoms with Crippen LogP contribution in [0.25, 0.3) is 22.4 Å². The van der Waals surface area contributed by atoms with Crippen molar-refractivity contribution in [2.24, 2.45) is 0 Å². The average molecular weight is 371 g/mol. The summed E-state index contributed by atoms with van der Waals surface area (Å²) < 4.78 is 0. The van der Waals surface area contributed by atoms with Crippen LogP contribution in [0.2, 0.25) is 0 Å². The third-order valence-electron chi connectivity index (χ3n) is 5.27. The van der Waals surface area contributed by atoms with Gasteiger partial charge in [-0.05, 0) is 68.7 Å². The molecule has 0 atom stereocenters. The van der Waals surface area contributed by atoms with Crippen LogP contribution in [0.15, 0.2) is 48.5 Å². The van der Waals surface area contributed by atoms with E-state index in [0.29, 0.717) is 5.56 Å². The van der Waals surface area contributed by atoms with Gasteiger partial charge in [0.2, 0.25) is 0 Å². The van der Waals surface area contributed by atoms with Gasteiger partial charge in [-0.15, -0.1) is 0 Å². The van der Waals surface area contributed by atoms with E-state index in [-0.39, 0.29) is 5.82 Å². The fourth-order valence-corrected chi connectivity index (χ4v) is 3.40. The van der Waals surface area contributed by atoms with Gasteiger partial charge in [0.15, 0.2) is 0 Å². The normalized spacial score (nSPS) is 10.5. The number of nitrogens with two attached hydrogens (primary N) is 1. The summed E-state index contributed by atoms with van der Waals surface area (Å²) in [5.74, 6) is 0.265. The van der Waals surface area contributed by atoms with Crippen molar-refractivity contribution >= 4 is 11.5 Å². The number of benzene rings is 2. The van der Waals surface area contributed by atoms with Crippen molar-refractivity contribution in [2.75, 3.05) is 23.7 Å². The van der Waals surface area contributed by atoms with Crippen LogP contribution < -0.4 is 10.6 Å². The smallest absolute Gasteiger partial charge is 0.142 e. The van der Waals surface area contributed by atoms with Gasteiger partial charge in [0.1, 0.15) is 17.5 Å². The first kappa shape index (κ1) is 19.4. The first-order valence-electron chi connectivity index (χ1n) is 9.62. The lowest BCUT2D eigenvalue weighted by molar-refractivity contribution is 0.866. The Morgan fingerprint density at radius 1 is 0.929 bits per heavy atom. The van der Waals surface area contributed by atoms with E-state index in [1.54, 1.807) is 0 Å². The maximum absolute atomic E-state index is 9.64. The molecule has 3 aromatic rings. The van der Waals surface area contributed by atoms with Crippen molar-refractivity contribution in [1.82, 2.24) is 4.98 Å². The molecule has 0 amide bonds. The minimum Gasteiger partial charge on any atom is -0.383 e. The van der Waals surface area contributed by atoms with Crippen LogP contribution in [-0.4, -0.2) is 18.1 Å². The Hall–Kier alpha value is -3.32. The molecular weight excluding hydrogens is 344 g/mol. The molecule has 0 unspecified atom stereocenters. The van der Waals surface area contributed by atoms with Crippen molar-refractivity contribution in [1.29, 1.82) is 5.26 Å². The molecule has 4 nitrogen and oxygen atoms in total. The predicted octanol–water partition coefficient (Wildman–Crippen LogP) is 5.33. The summed E-state index contributed by atoms with van der Waals surface area (Å²) in [7, 11) is 0. The van der Waals surface area contributed by atoms with Gasteiger partial charge < -0.3 is 10.6 Å². The third-order valence-corrected chi connectivity index (χ3v) is 5.27. The molecular formula is C24H26N4. The molecule has 0 aliphatic rings. The van der Waals surface area contributed by atoms with Crippen LogP contribution in [0.5, 0.6) is 0 Å². The minimum absolute atomic E-state index is 0.265. The fourth-order valence-electron chi connectivity index (χ4n) is 3.40. The molecule has 4 heteroatoms. The van der Waals surface area contributed by atoms with Gasteiger partial charge in [-0.25, -0.2) is 4.98 Å². The maximum atomic E-state index is 9.64. The second-order valence-corrected chi connectivity index (χ2v) is 6.95. The maximum Gasteiger partial charge on any atom is 0.142 e. The first-order chi connectivity index (χ1) is 13.5. The van der Waals surface area contributed by atoms with E-state index < -0.39 is 0 Å². The van der Waals surface area contributed by atoms with Gasteiger partial charge in [-0.1, -0.05) is 24.3 Å². The molecule has 1 heterocycles. The molecule has 3 rings (SSSR count). The van der Waals surface area contributed by atoms with Crippen LogP contribution >= 0.6 is 0 Å². The molecule has 0 saturated carbocycles. The summed E-state index contributed by atoms with van der Waals surface area (Å²) in [5.41, 5.74) is 13.7. The summed E-state index contributed by atoms with van der Waals surface area (Å²) in [6.45, 7) is 10.4. The number of nitriles is 1. The highest BCUT2D eigenvalue weighted by atomic mass is 15.1. The summed E-state index contributed by atoms with van der Waals surface area (Å²) in [5, 5.41) is 9.64. The molecule has 0 fully saturated rings. The Bertz CT molecular complexity index is 1030. The molecule has 0 bridgehead atoms. The second kappa shape index (κ2) is 8.14. The van der Waals surface area contributed by atoms with E-state index in [1.165, 1.54) is 16.8 Å². The molecule has 0 radical (unpaired) electrons. The van der Waals surface area contributed by atoms with E-state index in [2.05, 4.69) is 67.9 Å². The Kier molecular flexibility index (Phi) is 5.65. The van der Waals surface area contributed by atoms with Crippen LogP contribution in [0.1, 0.15) is 30.5 Å². The first-order valence-corrected chi connectivity index (χ1v) is 9.62. The summed E-state index contributed by atoms with van der Waals surface area (Å²) in [6, 6.07) is 18.7. The molecule has 0 aliphatic heterocycles. The zero-order valence-electron chi connectivity index (χ0n) is 17.0. The number of anilines is 2. The van der Waals surface area contributed by atoms with Gasteiger partial charge in [0.05, 0.1) is 5.69 Å². The van der Waals surface area contributed by atoms with Crippen LogP contribution in [0.4, 0.5) is 11.5 Å². The molecule has 2 N–H and O–H groups in total. The monoisotopic (exact) mass is 370 g/mol. The minimum atomic E-state index is 0.265. The highest BCUT2D eigenvalue weighted by molar-refractivity contribution is 5.81. The lowest BCUT2D eigenvalue weighted by Crippen LogP contribution is -2.21. The summed E-state index contributed by atoms with van der Waals surface area (Å²) in [4.78, 5) is 6.78. The van der Waals surface area contributed by atoms with Gasteiger partial charge in [-0.2, -0.15) is 5.26 Å². The molecule has 28 heavy (non-hydrogen) atoms. The third kappa shape index (κ3) is 3.70. The molecule has 1 aromatic heterocycles. The number of pyridine rings is 1. The zero-order valence-corrected chi connectivity index (χ0v) is 17.0. The zero-order chi connectivity index (χ0) is 20.3. The molecule has 142 valence electrons.